The van der Waals surface area contributed by atoms with Crippen molar-refractivity contribution in [3.63, 3.8) is 0 Å². The maximum absolute atomic E-state index is 14.1. The van der Waals surface area contributed by atoms with Crippen LogP contribution in [-0.2, 0) is 24.3 Å². The van der Waals surface area contributed by atoms with Crippen molar-refractivity contribution < 1.29 is 14.3 Å². The number of fused-ring (bicyclic) bond motifs is 1. The van der Waals surface area contributed by atoms with Gasteiger partial charge in [-0.15, -0.1) is 0 Å². The Labute approximate surface area is 191 Å². The quantitative estimate of drug-likeness (QED) is 0.349. The zero-order valence-electron chi connectivity index (χ0n) is 18.6. The number of H-pyrrole nitrogens is 1. The van der Waals surface area contributed by atoms with Crippen molar-refractivity contribution in [2.24, 2.45) is 5.92 Å². The van der Waals surface area contributed by atoms with Gasteiger partial charge in [-0.2, -0.15) is 0 Å². The highest BCUT2D eigenvalue weighted by atomic mass is 19.1. The summed E-state index contributed by atoms with van der Waals surface area (Å²) < 4.78 is 14.1. The summed E-state index contributed by atoms with van der Waals surface area (Å²) in [6, 6.07) is 6.36. The molecule has 1 aliphatic heterocycles. The monoisotopic (exact) mass is 447 g/mol. The highest BCUT2D eigenvalue weighted by Crippen LogP contribution is 2.35. The van der Waals surface area contributed by atoms with Gasteiger partial charge in [-0.1, -0.05) is 13.0 Å². The summed E-state index contributed by atoms with van der Waals surface area (Å²) >= 11 is 0. The Morgan fingerprint density at radius 1 is 1.30 bits per heavy atom. The number of nitrogens with zero attached hydrogens (tertiary/aromatic N) is 2. The molecule has 2 heterocycles. The van der Waals surface area contributed by atoms with Crippen molar-refractivity contribution in [3.05, 3.63) is 64.0 Å². The highest BCUT2D eigenvalue weighted by molar-refractivity contribution is 6.13. The third-order valence-corrected chi connectivity index (χ3v) is 6.51. The van der Waals surface area contributed by atoms with E-state index >= 15 is 0 Å². The first kappa shape index (κ1) is 21.2. The number of imidazole rings is 1. The van der Waals surface area contributed by atoms with Gasteiger partial charge in [-0.05, 0) is 66.6 Å². The molecule has 2 aliphatic rings. The zero-order chi connectivity index (χ0) is 23.4. The molecule has 170 valence electrons. The van der Waals surface area contributed by atoms with Crippen LogP contribution < -0.4 is 5.73 Å². The minimum absolute atomic E-state index is 0.169. The van der Waals surface area contributed by atoms with Crippen LogP contribution in [0.4, 0.5) is 10.1 Å². The lowest BCUT2D eigenvalue weighted by Crippen LogP contribution is -2.27. The van der Waals surface area contributed by atoms with E-state index in [0.29, 0.717) is 42.1 Å². The lowest BCUT2D eigenvalue weighted by atomic mass is 9.92. The predicted octanol–water partition coefficient (Wildman–Crippen LogP) is 4.04. The van der Waals surface area contributed by atoms with Crippen LogP contribution >= 0.6 is 0 Å². The molecule has 0 radical (unpaired) electrons. The Morgan fingerprint density at radius 3 is 2.70 bits per heavy atom. The molecule has 1 aromatic heterocycles. The van der Waals surface area contributed by atoms with Crippen molar-refractivity contribution in [1.29, 1.82) is 5.41 Å². The summed E-state index contributed by atoms with van der Waals surface area (Å²) in [5, 5.41) is 18.5. The van der Waals surface area contributed by atoms with E-state index in [2.05, 4.69) is 9.97 Å². The van der Waals surface area contributed by atoms with Gasteiger partial charge in [-0.25, -0.2) is 9.37 Å². The highest BCUT2D eigenvalue weighted by Gasteiger charge is 2.37. The number of aromatic nitrogens is 2. The van der Waals surface area contributed by atoms with Crippen molar-refractivity contribution in [2.45, 2.75) is 46.2 Å². The normalized spacial score (nSPS) is 15.1. The van der Waals surface area contributed by atoms with Crippen molar-refractivity contribution in [3.8, 4) is 16.9 Å². The average Bonchev–Trinajstić information content (AvgIpc) is 3.43. The molecule has 8 heteroatoms. The number of anilines is 1. The van der Waals surface area contributed by atoms with Gasteiger partial charge in [0.1, 0.15) is 5.71 Å². The first-order chi connectivity index (χ1) is 15.8. The van der Waals surface area contributed by atoms with Crippen LogP contribution in [-0.4, -0.2) is 31.6 Å². The van der Waals surface area contributed by atoms with Crippen LogP contribution in [0.15, 0.2) is 24.3 Å². The summed E-state index contributed by atoms with van der Waals surface area (Å²) in [5.41, 5.74) is 12.1. The number of aryl methyl sites for hydroxylation is 2. The Bertz CT molecular complexity index is 1260. The number of amides is 1. The molecule has 2 aromatic carbocycles. The zero-order valence-corrected chi connectivity index (χ0v) is 18.6. The number of nitrogen functional groups attached to an aromatic ring is 1. The Balaban J connectivity index is 1.44. The summed E-state index contributed by atoms with van der Waals surface area (Å²) in [5.74, 6) is -0.281. The molecule has 0 atom stereocenters. The second kappa shape index (κ2) is 7.72. The van der Waals surface area contributed by atoms with Crippen LogP contribution in [0.1, 0.15) is 53.7 Å². The molecule has 0 bridgehead atoms. The first-order valence-corrected chi connectivity index (χ1v) is 11.1. The topological polar surface area (TPSA) is 119 Å². The van der Waals surface area contributed by atoms with Crippen molar-refractivity contribution in [2.75, 3.05) is 5.73 Å². The first-order valence-electron chi connectivity index (χ1n) is 11.1. The number of phenols is 1. The van der Waals surface area contributed by atoms with Crippen LogP contribution in [0.25, 0.3) is 11.1 Å². The smallest absolute Gasteiger partial charge is 0.226 e. The molecule has 0 saturated heterocycles. The SMILES string of the molecule is CCc1cc(O)c(F)cc1-c1cc(C)c(C(=N)c2nc3c([nH]2)CN(C(=O)C2CC2)C3)c(N)c1. The summed E-state index contributed by atoms with van der Waals surface area (Å²) in [4.78, 5) is 21.9. The lowest BCUT2D eigenvalue weighted by Gasteiger charge is -2.16. The number of carbonyl (C=O) groups excluding carboxylic acids is 1. The van der Waals surface area contributed by atoms with E-state index < -0.39 is 5.82 Å². The van der Waals surface area contributed by atoms with E-state index in [9.17, 15) is 14.3 Å². The summed E-state index contributed by atoms with van der Waals surface area (Å²) in [6.07, 6.45) is 2.56. The number of phenolic OH excluding ortho intramolecular Hbond substituents is 1. The lowest BCUT2D eigenvalue weighted by molar-refractivity contribution is -0.133. The maximum Gasteiger partial charge on any atom is 0.226 e. The number of aromatic hydroxyl groups is 1. The molecule has 1 aliphatic carbocycles. The Kier molecular flexibility index (Phi) is 4.96. The maximum atomic E-state index is 14.1. The van der Waals surface area contributed by atoms with E-state index in [-0.39, 0.29) is 23.3 Å². The fourth-order valence-electron chi connectivity index (χ4n) is 4.59. The molecule has 1 saturated carbocycles. The second-order valence-corrected chi connectivity index (χ2v) is 8.93. The van der Waals surface area contributed by atoms with Crippen molar-refractivity contribution in [1.82, 2.24) is 14.9 Å². The minimum Gasteiger partial charge on any atom is -0.505 e. The molecule has 1 fully saturated rings. The fraction of sp³-hybridized carbons (Fsp3) is 0.320. The minimum atomic E-state index is -0.686. The number of hydrogen-bond donors (Lipinski definition) is 4. The van der Waals surface area contributed by atoms with Gasteiger partial charge in [-0.3, -0.25) is 10.2 Å². The molecular weight excluding hydrogens is 421 g/mol. The van der Waals surface area contributed by atoms with Gasteiger partial charge in [0, 0.05) is 17.2 Å². The number of carbonyl (C=O) groups is 1. The van der Waals surface area contributed by atoms with Gasteiger partial charge < -0.3 is 20.7 Å². The number of hydrogen-bond acceptors (Lipinski definition) is 5. The second-order valence-electron chi connectivity index (χ2n) is 8.93. The molecule has 1 amide bonds. The van der Waals surface area contributed by atoms with Crippen molar-refractivity contribution >= 4 is 17.3 Å². The van der Waals surface area contributed by atoms with Gasteiger partial charge in [0.05, 0.1) is 24.5 Å². The number of rotatable bonds is 5. The van der Waals surface area contributed by atoms with Crippen LogP contribution in [0.5, 0.6) is 5.75 Å². The third kappa shape index (κ3) is 3.65. The largest absolute Gasteiger partial charge is 0.505 e. The average molecular weight is 448 g/mol. The number of aromatic amines is 1. The Hall–Kier alpha value is -3.68. The standard InChI is InChI=1S/C25H26FN5O2/c1-3-13-8-21(32)17(26)9-16(13)15-6-12(2)22(18(27)7-15)23(28)24-29-19-10-31(11-20(19)30-24)25(33)14-4-5-14/h6-9,14,28,32H,3-5,10-11,27H2,1-2H3,(H,29,30). The number of nitrogens with two attached hydrogens (primary N) is 1. The molecule has 5 rings (SSSR count). The molecule has 0 spiro atoms. The molecule has 5 N–H and O–H groups in total. The third-order valence-electron chi connectivity index (χ3n) is 6.51. The molecular formula is C25H26FN5O2. The Morgan fingerprint density at radius 2 is 2.06 bits per heavy atom. The summed E-state index contributed by atoms with van der Waals surface area (Å²) in [7, 11) is 0. The molecule has 3 aromatic rings. The van der Waals surface area contributed by atoms with Gasteiger partial charge in [0.15, 0.2) is 17.4 Å². The van der Waals surface area contributed by atoms with E-state index in [0.717, 1.165) is 40.9 Å². The number of nitrogens with one attached hydrogen (secondary N) is 2. The van der Waals surface area contributed by atoms with E-state index in [1.54, 1.807) is 6.07 Å². The fourth-order valence-corrected chi connectivity index (χ4v) is 4.59. The van der Waals surface area contributed by atoms with Crippen LogP contribution in [0.2, 0.25) is 0 Å². The van der Waals surface area contributed by atoms with Crippen LogP contribution in [0, 0.1) is 24.1 Å². The predicted molar refractivity (Wildman–Crippen MR) is 124 cm³/mol. The van der Waals surface area contributed by atoms with Gasteiger partial charge in [0.2, 0.25) is 5.91 Å². The number of benzene rings is 2. The van der Waals surface area contributed by atoms with E-state index in [1.807, 2.05) is 24.8 Å². The van der Waals surface area contributed by atoms with Crippen LogP contribution in [0.3, 0.4) is 0 Å². The summed E-state index contributed by atoms with van der Waals surface area (Å²) in [6.45, 7) is 4.75. The molecule has 33 heavy (non-hydrogen) atoms. The van der Waals surface area contributed by atoms with Gasteiger partial charge in [0.25, 0.3) is 0 Å². The van der Waals surface area contributed by atoms with E-state index in [4.69, 9.17) is 11.1 Å². The molecule has 7 nitrogen and oxygen atoms in total. The van der Waals surface area contributed by atoms with E-state index in [1.165, 1.54) is 12.1 Å². The van der Waals surface area contributed by atoms with Gasteiger partial charge >= 0.3 is 0 Å². The number of halogens is 1. The molecule has 0 unspecified atom stereocenters.